The number of sulfonamides is 2. The molecule has 0 atom stereocenters. The molecule has 2 aromatic heterocycles. The fourth-order valence-corrected chi connectivity index (χ4v) is 7.36. The number of aryl methyl sites for hydroxylation is 4. The number of carbonyl (C=O) groups excluding carboxylic acids is 2. The average molecular weight is 976 g/mol. The van der Waals surface area contributed by atoms with Gasteiger partial charge in [0, 0.05) is 51.0 Å². The number of rotatable bonds is 11. The molecule has 66 heavy (non-hydrogen) atoms. The van der Waals surface area contributed by atoms with E-state index in [4.69, 9.17) is 15.2 Å². The highest BCUT2D eigenvalue weighted by Crippen LogP contribution is 2.39. The Morgan fingerprint density at radius 2 is 1.26 bits per heavy atom. The highest BCUT2D eigenvalue weighted by molar-refractivity contribution is 7.93. The van der Waals surface area contributed by atoms with Gasteiger partial charge in [-0.1, -0.05) is 6.07 Å². The van der Waals surface area contributed by atoms with Crippen molar-refractivity contribution in [2.24, 2.45) is 16.0 Å². The summed E-state index contributed by atoms with van der Waals surface area (Å²) in [4.78, 5) is 42.8. The summed E-state index contributed by atoms with van der Waals surface area (Å²) in [7, 11) is -7.47. The van der Waals surface area contributed by atoms with Crippen molar-refractivity contribution in [2.75, 3.05) is 59.6 Å². The monoisotopic (exact) mass is 975 g/mol. The van der Waals surface area contributed by atoms with Crippen LogP contribution in [0.15, 0.2) is 53.0 Å². The lowest BCUT2D eigenvalue weighted by molar-refractivity contribution is -0.0435. The summed E-state index contributed by atoms with van der Waals surface area (Å²) in [5, 5.41) is 7.72. The molecule has 0 spiro atoms. The van der Waals surface area contributed by atoms with Crippen LogP contribution in [-0.2, 0) is 48.9 Å². The molecule has 0 radical (unpaired) electrons. The summed E-state index contributed by atoms with van der Waals surface area (Å²) in [6.45, 7) is 8.91. The van der Waals surface area contributed by atoms with Crippen molar-refractivity contribution in [2.45, 2.75) is 70.9 Å². The van der Waals surface area contributed by atoms with Crippen LogP contribution in [0.4, 0.5) is 60.7 Å². The number of carbonyl (C=O) groups is 2. The molecule has 0 saturated carbocycles. The molecule has 6 rings (SSSR count). The van der Waals surface area contributed by atoms with Gasteiger partial charge in [-0.25, -0.2) is 29.5 Å². The second-order valence-electron chi connectivity index (χ2n) is 14.3. The maximum Gasteiger partial charge on any atom is 0.516 e. The number of nitrogens with two attached hydrogens (primary N) is 1. The van der Waals surface area contributed by atoms with Gasteiger partial charge in [-0.05, 0) is 88.8 Å². The zero-order chi connectivity index (χ0) is 49.2. The summed E-state index contributed by atoms with van der Waals surface area (Å²) in [5.41, 5.74) is -1.54. The molecule has 4 aromatic rings. The largest absolute Gasteiger partial charge is 0.516 e. The van der Waals surface area contributed by atoms with Crippen LogP contribution < -0.4 is 25.0 Å². The lowest BCUT2D eigenvalue weighted by Gasteiger charge is -2.28. The molecule has 0 saturated heterocycles. The summed E-state index contributed by atoms with van der Waals surface area (Å²) in [6.07, 6.45) is 5.90. The number of halogens is 6. The van der Waals surface area contributed by atoms with Gasteiger partial charge < -0.3 is 25.0 Å². The minimum atomic E-state index is -5.68. The van der Waals surface area contributed by atoms with Crippen molar-refractivity contribution in [3.8, 4) is 0 Å². The lowest BCUT2D eigenvalue weighted by atomic mass is 10.0. The maximum absolute atomic E-state index is 12.9. The van der Waals surface area contributed by atoms with Crippen LogP contribution >= 0.6 is 0 Å². The third kappa shape index (κ3) is 13.4. The Morgan fingerprint density at radius 3 is 1.77 bits per heavy atom. The zero-order valence-electron chi connectivity index (χ0n) is 36.4. The Morgan fingerprint density at radius 1 is 0.742 bits per heavy atom. The number of aromatic nitrogens is 4. The molecule has 2 aliphatic heterocycles. The topological polar surface area (TPSA) is 254 Å². The van der Waals surface area contributed by atoms with Gasteiger partial charge in [-0.15, -0.1) is 10.2 Å². The van der Waals surface area contributed by atoms with Gasteiger partial charge in [0.2, 0.25) is 0 Å². The molecular weight excluding hydrogens is 929 g/mol. The van der Waals surface area contributed by atoms with Crippen LogP contribution in [0.5, 0.6) is 0 Å². The Hall–Kier alpha value is -6.22. The molecule has 0 unspecified atom stereocenters. The van der Waals surface area contributed by atoms with Gasteiger partial charge in [0.25, 0.3) is 5.95 Å². The number of fused-ring (bicyclic) bond motifs is 2. The van der Waals surface area contributed by atoms with E-state index >= 15 is 0 Å². The number of nitrogens with one attached hydrogen (secondary N) is 2. The Balaban J connectivity index is 0.000000242. The number of benzene rings is 2. The van der Waals surface area contributed by atoms with Crippen LogP contribution in [0, 0.1) is 13.8 Å². The van der Waals surface area contributed by atoms with Crippen molar-refractivity contribution in [1.29, 1.82) is 0 Å². The normalized spacial score (nSPS) is 13.9. The van der Waals surface area contributed by atoms with Gasteiger partial charge in [-0.2, -0.15) is 43.2 Å². The summed E-state index contributed by atoms with van der Waals surface area (Å²) < 4.78 is 134. The smallest absolute Gasteiger partial charge is 0.462 e. The first-order chi connectivity index (χ1) is 30.8. The number of hydrogen-bond donors (Lipinski definition) is 3. The van der Waals surface area contributed by atoms with Crippen molar-refractivity contribution >= 4 is 66.4 Å². The Bertz CT molecular complexity index is 2650. The standard InChI is InChI=1S/C19H21F3N6O4S.C11H13F3N2O2S.C9H13N3O2/c1-4-32-17(29)13-10-23-18(24-11(13)2)26-25-14-8-12-6-5-7-28(3)16(12)9-15(14)27-33(30,31)19(20,21)22;1-16-6-2-3-8-4-5-9(7-10(8)16)15-19(17,18)11(12,13)14;1-3-14-9(13)7-5-11-8(4-10)12-6(7)2/h8-10,27H,4-7H2,1-3H3;4-5,7,15H,2-3,6H2,1H3;5H,3-4,10H2,1-2H3. The van der Waals surface area contributed by atoms with Gasteiger partial charge in [-0.3, -0.25) is 9.44 Å². The molecule has 4 heterocycles. The first kappa shape index (κ1) is 52.4. The minimum Gasteiger partial charge on any atom is -0.462 e. The number of hydrogen-bond acceptors (Lipinski definition) is 17. The molecule has 360 valence electrons. The van der Waals surface area contributed by atoms with E-state index in [0.717, 1.165) is 42.6 Å². The third-order valence-corrected chi connectivity index (χ3v) is 11.7. The predicted octanol–water partition coefficient (Wildman–Crippen LogP) is 6.77. The second kappa shape index (κ2) is 21.8. The van der Waals surface area contributed by atoms with Crippen LogP contribution in [0.2, 0.25) is 0 Å². The van der Waals surface area contributed by atoms with E-state index in [1.54, 1.807) is 43.3 Å². The number of alkyl halides is 6. The fraction of sp³-hybridized carbons (Fsp3) is 0.436. The van der Waals surface area contributed by atoms with Crippen LogP contribution in [-0.4, -0.2) is 100 Å². The molecule has 0 bridgehead atoms. The van der Waals surface area contributed by atoms with Gasteiger partial charge in [0.1, 0.15) is 11.5 Å². The Labute approximate surface area is 376 Å². The molecule has 0 aliphatic carbocycles. The van der Waals surface area contributed by atoms with Gasteiger partial charge >= 0.3 is 43.0 Å². The predicted molar refractivity (Wildman–Crippen MR) is 231 cm³/mol. The highest BCUT2D eigenvalue weighted by atomic mass is 32.2. The quantitative estimate of drug-likeness (QED) is 0.0796. The maximum atomic E-state index is 12.9. The number of ether oxygens (including phenoxy) is 2. The molecule has 4 N–H and O–H groups in total. The fourth-order valence-electron chi connectivity index (χ4n) is 6.24. The van der Waals surface area contributed by atoms with E-state index in [1.165, 1.54) is 43.6 Å². The molecule has 2 aliphatic rings. The first-order valence-corrected chi connectivity index (χ1v) is 22.8. The molecule has 0 amide bonds. The van der Waals surface area contributed by atoms with Crippen molar-refractivity contribution < 1.29 is 62.2 Å². The molecular formula is C39H47F6N11O8S2. The van der Waals surface area contributed by atoms with E-state index in [1.807, 2.05) is 16.8 Å². The van der Waals surface area contributed by atoms with E-state index in [2.05, 4.69) is 30.2 Å². The lowest BCUT2D eigenvalue weighted by Crippen LogP contribution is -2.30. The number of anilines is 4. The van der Waals surface area contributed by atoms with Crippen LogP contribution in [0.3, 0.4) is 0 Å². The number of esters is 2. The molecule has 0 fully saturated rings. The average Bonchev–Trinajstić information content (AvgIpc) is 3.23. The van der Waals surface area contributed by atoms with Crippen molar-refractivity contribution in [3.05, 3.63) is 82.2 Å². The second-order valence-corrected chi connectivity index (χ2v) is 17.6. The van der Waals surface area contributed by atoms with E-state index in [-0.39, 0.29) is 47.4 Å². The summed E-state index contributed by atoms with van der Waals surface area (Å²) in [6, 6.07) is 7.20. The molecule has 19 nitrogen and oxygen atoms in total. The van der Waals surface area contributed by atoms with Crippen molar-refractivity contribution in [3.63, 3.8) is 0 Å². The summed E-state index contributed by atoms with van der Waals surface area (Å²) >= 11 is 0. The Kier molecular flexibility index (Phi) is 17.3. The number of nitrogens with zero attached hydrogens (tertiary/aromatic N) is 8. The first-order valence-electron chi connectivity index (χ1n) is 19.8. The molecule has 27 heteroatoms. The minimum absolute atomic E-state index is 0.0789. The van der Waals surface area contributed by atoms with Crippen LogP contribution in [0.1, 0.15) is 75.7 Å². The molecule has 2 aromatic carbocycles. The highest BCUT2D eigenvalue weighted by Gasteiger charge is 2.47. The van der Waals surface area contributed by atoms with Crippen molar-refractivity contribution in [1.82, 2.24) is 19.9 Å². The van der Waals surface area contributed by atoms with E-state index in [9.17, 15) is 52.8 Å². The van der Waals surface area contributed by atoms with E-state index in [0.29, 0.717) is 42.3 Å². The van der Waals surface area contributed by atoms with Crippen LogP contribution in [0.25, 0.3) is 0 Å². The zero-order valence-corrected chi connectivity index (χ0v) is 38.0. The van der Waals surface area contributed by atoms with E-state index < -0.39 is 43.0 Å². The van der Waals surface area contributed by atoms with Gasteiger partial charge in [0.05, 0.1) is 53.6 Å². The third-order valence-electron chi connectivity index (χ3n) is 9.51. The number of azo groups is 1. The SMILES string of the molecule is CCOC(=O)c1cnc(CN)nc1C.CCOC(=O)c1cnc(N=Nc2cc3c(cc2NS(=O)(=O)C(F)(F)F)N(C)CCC3)nc1C.CN1CCCc2ccc(NS(=O)(=O)C(F)(F)F)cc21. The van der Waals surface area contributed by atoms with Gasteiger partial charge in [0.15, 0.2) is 0 Å². The summed E-state index contributed by atoms with van der Waals surface area (Å²) in [5.74, 6) is -0.648.